The summed E-state index contributed by atoms with van der Waals surface area (Å²) in [5, 5.41) is 3.47. The van der Waals surface area contributed by atoms with Crippen LogP contribution in [-0.4, -0.2) is 16.7 Å². The molecule has 0 saturated heterocycles. The minimum Gasteiger partial charge on any atom is -0.487 e. The summed E-state index contributed by atoms with van der Waals surface area (Å²) in [5.74, 6) is 1.70. The maximum absolute atomic E-state index is 5.92. The molecule has 24 heavy (non-hydrogen) atoms. The number of nitrogens with zero attached hydrogens (tertiary/aromatic N) is 1. The summed E-state index contributed by atoms with van der Waals surface area (Å²) in [4.78, 5) is 4.33. The van der Waals surface area contributed by atoms with Gasteiger partial charge in [0.1, 0.15) is 11.4 Å². The van der Waals surface area contributed by atoms with Gasteiger partial charge in [-0.2, -0.15) is 0 Å². The fourth-order valence-corrected chi connectivity index (χ4v) is 2.95. The lowest BCUT2D eigenvalue weighted by Gasteiger charge is -2.16. The highest BCUT2D eigenvalue weighted by Crippen LogP contribution is 2.35. The Hall–Kier alpha value is -2.07. The van der Waals surface area contributed by atoms with E-state index >= 15 is 0 Å². The molecule has 1 aromatic carbocycles. The molecule has 1 aromatic heterocycles. The van der Waals surface area contributed by atoms with Crippen LogP contribution in [0.15, 0.2) is 36.5 Å². The van der Waals surface area contributed by atoms with Gasteiger partial charge < -0.3 is 14.8 Å². The van der Waals surface area contributed by atoms with E-state index in [4.69, 9.17) is 9.47 Å². The number of benzene rings is 1. The number of fused-ring (bicyclic) bond motifs is 1. The molecule has 1 N–H and O–H groups in total. The van der Waals surface area contributed by atoms with Gasteiger partial charge >= 0.3 is 0 Å². The van der Waals surface area contributed by atoms with E-state index < -0.39 is 0 Å². The molecule has 4 nitrogen and oxygen atoms in total. The molecule has 0 atom stereocenters. The van der Waals surface area contributed by atoms with Crippen LogP contribution < -0.4 is 14.8 Å². The molecule has 2 heterocycles. The van der Waals surface area contributed by atoms with Crippen LogP contribution in [-0.2, 0) is 19.5 Å². The van der Waals surface area contributed by atoms with Crippen molar-refractivity contribution in [2.75, 3.05) is 0 Å². The third kappa shape index (κ3) is 4.26. The molecule has 0 spiro atoms. The Kier molecular flexibility index (Phi) is 4.76. The average Bonchev–Trinajstić information content (AvgIpc) is 2.81. The summed E-state index contributed by atoms with van der Waals surface area (Å²) in [5.41, 5.74) is 3.65. The number of ether oxygens (including phenoxy) is 2. The topological polar surface area (TPSA) is 43.4 Å². The fourth-order valence-electron chi connectivity index (χ4n) is 2.95. The highest BCUT2D eigenvalue weighted by molar-refractivity contribution is 5.41. The monoisotopic (exact) mass is 326 g/mol. The first-order valence-corrected chi connectivity index (χ1v) is 8.54. The number of pyridine rings is 1. The molecule has 0 saturated carbocycles. The third-order valence-corrected chi connectivity index (χ3v) is 3.94. The van der Waals surface area contributed by atoms with E-state index in [9.17, 15) is 0 Å². The third-order valence-electron chi connectivity index (χ3n) is 3.94. The van der Waals surface area contributed by atoms with Crippen LogP contribution in [0.2, 0.25) is 0 Å². The first-order valence-electron chi connectivity index (χ1n) is 8.54. The van der Waals surface area contributed by atoms with Crippen molar-refractivity contribution in [3.05, 3.63) is 53.2 Å². The van der Waals surface area contributed by atoms with E-state index in [-0.39, 0.29) is 11.7 Å². The van der Waals surface area contributed by atoms with Gasteiger partial charge in [0.05, 0.1) is 6.10 Å². The summed E-state index contributed by atoms with van der Waals surface area (Å²) >= 11 is 0. The van der Waals surface area contributed by atoms with Crippen LogP contribution >= 0.6 is 0 Å². The number of rotatable bonds is 6. The Bertz CT molecular complexity index is 693. The Morgan fingerprint density at radius 2 is 1.92 bits per heavy atom. The SMILES string of the molecule is CC(C)Oc1ccc(CNCc2ccc3c(c2)CC(C)(C)O3)cn1. The van der Waals surface area contributed by atoms with Gasteiger partial charge in [-0.1, -0.05) is 18.2 Å². The average molecular weight is 326 g/mol. The summed E-state index contributed by atoms with van der Waals surface area (Å²) in [7, 11) is 0. The van der Waals surface area contributed by atoms with Gasteiger partial charge in [0.15, 0.2) is 0 Å². The van der Waals surface area contributed by atoms with Gasteiger partial charge in [0.2, 0.25) is 5.88 Å². The predicted molar refractivity (Wildman–Crippen MR) is 95.4 cm³/mol. The molecule has 4 heteroatoms. The Morgan fingerprint density at radius 3 is 2.62 bits per heavy atom. The minimum atomic E-state index is -0.0835. The normalized spacial score (nSPS) is 15.2. The van der Waals surface area contributed by atoms with Crippen molar-refractivity contribution >= 4 is 0 Å². The maximum Gasteiger partial charge on any atom is 0.213 e. The molecule has 1 aliphatic rings. The van der Waals surface area contributed by atoms with E-state index in [1.165, 1.54) is 11.1 Å². The first kappa shape index (κ1) is 16.8. The Morgan fingerprint density at radius 1 is 1.17 bits per heavy atom. The van der Waals surface area contributed by atoms with Gasteiger partial charge in [0, 0.05) is 31.8 Å². The molecular formula is C20H26N2O2. The van der Waals surface area contributed by atoms with Gasteiger partial charge in [0.25, 0.3) is 0 Å². The summed E-state index contributed by atoms with van der Waals surface area (Å²) in [6, 6.07) is 10.4. The van der Waals surface area contributed by atoms with Crippen LogP contribution in [0.1, 0.15) is 44.4 Å². The molecule has 0 bridgehead atoms. The lowest BCUT2D eigenvalue weighted by Crippen LogP contribution is -2.24. The Balaban J connectivity index is 1.52. The molecule has 2 aromatic rings. The second-order valence-electron chi connectivity index (χ2n) is 7.26. The molecular weight excluding hydrogens is 300 g/mol. The lowest BCUT2D eigenvalue weighted by molar-refractivity contribution is 0.138. The van der Waals surface area contributed by atoms with Gasteiger partial charge in [-0.15, -0.1) is 0 Å². The molecule has 0 radical (unpaired) electrons. The molecule has 128 valence electrons. The van der Waals surface area contributed by atoms with Crippen molar-refractivity contribution < 1.29 is 9.47 Å². The number of aromatic nitrogens is 1. The second-order valence-corrected chi connectivity index (χ2v) is 7.26. The van der Waals surface area contributed by atoms with E-state index in [0.29, 0.717) is 5.88 Å². The van der Waals surface area contributed by atoms with Crippen LogP contribution in [0.25, 0.3) is 0 Å². The number of hydrogen-bond donors (Lipinski definition) is 1. The van der Waals surface area contributed by atoms with Gasteiger partial charge in [-0.05, 0) is 50.5 Å². The maximum atomic E-state index is 5.92. The van der Waals surface area contributed by atoms with Gasteiger partial charge in [-0.25, -0.2) is 4.98 Å². The zero-order valence-corrected chi connectivity index (χ0v) is 14.9. The van der Waals surface area contributed by atoms with Crippen molar-refractivity contribution in [3.63, 3.8) is 0 Å². The second kappa shape index (κ2) is 6.81. The van der Waals surface area contributed by atoms with E-state index in [1.54, 1.807) is 0 Å². The van der Waals surface area contributed by atoms with E-state index in [1.807, 2.05) is 26.1 Å². The number of nitrogens with one attached hydrogen (secondary N) is 1. The van der Waals surface area contributed by atoms with Crippen LogP contribution in [0.5, 0.6) is 11.6 Å². The van der Waals surface area contributed by atoms with Crippen molar-refractivity contribution in [2.45, 2.75) is 58.9 Å². The van der Waals surface area contributed by atoms with Gasteiger partial charge in [-0.3, -0.25) is 0 Å². The molecule has 1 aliphatic heterocycles. The fraction of sp³-hybridized carbons (Fsp3) is 0.450. The zero-order chi connectivity index (χ0) is 17.2. The first-order chi connectivity index (χ1) is 11.4. The minimum absolute atomic E-state index is 0.0835. The van der Waals surface area contributed by atoms with Crippen molar-refractivity contribution in [1.29, 1.82) is 0 Å². The highest BCUT2D eigenvalue weighted by atomic mass is 16.5. The standard InChI is InChI=1S/C20H26N2O2/c1-14(2)23-19-8-6-16(13-22-19)12-21-11-15-5-7-18-17(9-15)10-20(3,4)24-18/h5-9,13-14,21H,10-12H2,1-4H3. The molecule has 0 aliphatic carbocycles. The quantitative estimate of drug-likeness (QED) is 0.875. The van der Waals surface area contributed by atoms with E-state index in [2.05, 4.69) is 48.4 Å². The predicted octanol–water partition coefficient (Wildman–Crippen LogP) is 3.87. The summed E-state index contributed by atoms with van der Waals surface area (Å²) in [6.45, 7) is 9.88. The van der Waals surface area contributed by atoms with Crippen molar-refractivity contribution in [2.24, 2.45) is 0 Å². The molecule has 0 amide bonds. The molecule has 0 unspecified atom stereocenters. The Labute approximate surface area is 144 Å². The van der Waals surface area contributed by atoms with Crippen LogP contribution in [0.4, 0.5) is 0 Å². The smallest absolute Gasteiger partial charge is 0.213 e. The summed E-state index contributed by atoms with van der Waals surface area (Å²) < 4.78 is 11.5. The van der Waals surface area contributed by atoms with Crippen LogP contribution in [0.3, 0.4) is 0 Å². The lowest BCUT2D eigenvalue weighted by atomic mass is 10.0. The molecule has 0 fully saturated rings. The molecule has 3 rings (SSSR count). The zero-order valence-electron chi connectivity index (χ0n) is 14.9. The summed E-state index contributed by atoms with van der Waals surface area (Å²) in [6.07, 6.45) is 2.98. The van der Waals surface area contributed by atoms with Crippen LogP contribution in [0, 0.1) is 0 Å². The van der Waals surface area contributed by atoms with Crippen molar-refractivity contribution in [1.82, 2.24) is 10.3 Å². The highest BCUT2D eigenvalue weighted by Gasteiger charge is 2.29. The largest absolute Gasteiger partial charge is 0.487 e. The number of hydrogen-bond acceptors (Lipinski definition) is 4. The van der Waals surface area contributed by atoms with Crippen molar-refractivity contribution in [3.8, 4) is 11.6 Å². The van der Waals surface area contributed by atoms with E-state index in [0.717, 1.165) is 30.8 Å².